The maximum atomic E-state index is 11.7. The minimum Gasteiger partial charge on any atom is -0.459 e. The van der Waals surface area contributed by atoms with Gasteiger partial charge in [-0.15, -0.1) is 0 Å². The van der Waals surface area contributed by atoms with Crippen molar-refractivity contribution in [2.24, 2.45) is 0 Å². The maximum absolute atomic E-state index is 11.7. The third kappa shape index (κ3) is 3.00. The molecule has 0 fully saturated rings. The van der Waals surface area contributed by atoms with Crippen LogP contribution < -0.4 is 5.73 Å². The van der Waals surface area contributed by atoms with Gasteiger partial charge in [0.2, 0.25) is 0 Å². The molecular weight excluding hydrogens is 208 g/mol. The zero-order chi connectivity index (χ0) is 12.1. The molecule has 1 aromatic heterocycles. The Morgan fingerprint density at radius 3 is 2.75 bits per heavy atom. The third-order valence-electron chi connectivity index (χ3n) is 2.16. The van der Waals surface area contributed by atoms with Crippen molar-refractivity contribution in [2.75, 3.05) is 26.1 Å². The van der Waals surface area contributed by atoms with Crippen LogP contribution in [0.15, 0.2) is 12.3 Å². The zero-order valence-corrected chi connectivity index (χ0v) is 9.90. The first-order valence-electron chi connectivity index (χ1n) is 5.19. The molecule has 5 heteroatoms. The first-order chi connectivity index (χ1) is 7.56. The molecule has 2 N–H and O–H groups in total. The van der Waals surface area contributed by atoms with E-state index in [0.717, 1.165) is 0 Å². The van der Waals surface area contributed by atoms with Gasteiger partial charge in [0.05, 0.1) is 12.3 Å². The van der Waals surface area contributed by atoms with Crippen LogP contribution in [-0.4, -0.2) is 30.9 Å². The monoisotopic (exact) mass is 226 g/mol. The Labute approximate surface area is 95.1 Å². The quantitative estimate of drug-likeness (QED) is 0.609. The van der Waals surface area contributed by atoms with Gasteiger partial charge in [0.15, 0.2) is 0 Å². The first-order valence-corrected chi connectivity index (χ1v) is 5.19. The summed E-state index contributed by atoms with van der Waals surface area (Å²) >= 11 is 0. The van der Waals surface area contributed by atoms with Crippen molar-refractivity contribution in [1.82, 2.24) is 4.57 Å². The van der Waals surface area contributed by atoms with Gasteiger partial charge in [-0.25, -0.2) is 4.79 Å². The molecule has 90 valence electrons. The largest absolute Gasteiger partial charge is 0.459 e. The summed E-state index contributed by atoms with van der Waals surface area (Å²) in [7, 11) is 1.56. The highest BCUT2D eigenvalue weighted by Crippen LogP contribution is 2.17. The predicted octanol–water partition coefficient (Wildman–Crippen LogP) is 1.45. The molecule has 0 unspecified atom stereocenters. The van der Waals surface area contributed by atoms with E-state index in [9.17, 15) is 4.79 Å². The minimum atomic E-state index is -0.373. The summed E-state index contributed by atoms with van der Waals surface area (Å²) in [6, 6.07) is 1.79. The fraction of sp³-hybridized carbons (Fsp3) is 0.545. The molecule has 16 heavy (non-hydrogen) atoms. The van der Waals surface area contributed by atoms with Crippen molar-refractivity contribution in [3.05, 3.63) is 18.0 Å². The van der Waals surface area contributed by atoms with E-state index in [4.69, 9.17) is 15.2 Å². The molecule has 0 aromatic carbocycles. The number of rotatable bonds is 5. The standard InChI is InChI=1S/C11H18N2O3/c1-8(2)13-7-9(12)6-10(13)11(14)16-5-4-15-3/h6-8H,4-5,12H2,1-3H3. The van der Waals surface area contributed by atoms with Crippen LogP contribution in [0.25, 0.3) is 0 Å². The number of hydrogen-bond acceptors (Lipinski definition) is 4. The molecule has 0 spiro atoms. The molecule has 0 aliphatic rings. The normalized spacial score (nSPS) is 10.8. The van der Waals surface area contributed by atoms with Crippen LogP contribution in [0.5, 0.6) is 0 Å². The molecule has 1 aromatic rings. The van der Waals surface area contributed by atoms with Gasteiger partial charge in [-0.05, 0) is 19.9 Å². The van der Waals surface area contributed by atoms with Crippen LogP contribution in [-0.2, 0) is 9.47 Å². The summed E-state index contributed by atoms with van der Waals surface area (Å²) in [5, 5.41) is 0. The summed E-state index contributed by atoms with van der Waals surface area (Å²) in [5.74, 6) is -0.373. The molecule has 1 heterocycles. The van der Waals surface area contributed by atoms with Gasteiger partial charge in [0.25, 0.3) is 0 Å². The molecule has 0 aliphatic carbocycles. The van der Waals surface area contributed by atoms with Crippen LogP contribution in [0, 0.1) is 0 Å². The van der Waals surface area contributed by atoms with Crippen LogP contribution in [0.1, 0.15) is 30.4 Å². The summed E-state index contributed by atoms with van der Waals surface area (Å²) in [6.45, 7) is 4.60. The van der Waals surface area contributed by atoms with Gasteiger partial charge in [-0.1, -0.05) is 0 Å². The second kappa shape index (κ2) is 5.55. The summed E-state index contributed by atoms with van der Waals surface area (Å²) < 4.78 is 11.6. The molecule has 0 saturated carbocycles. The molecule has 0 amide bonds. The third-order valence-corrected chi connectivity index (χ3v) is 2.16. The average Bonchev–Trinajstić information content (AvgIpc) is 2.61. The molecule has 0 aliphatic heterocycles. The highest BCUT2D eigenvalue weighted by Gasteiger charge is 2.15. The summed E-state index contributed by atoms with van der Waals surface area (Å²) in [5.41, 5.74) is 6.69. The fourth-order valence-corrected chi connectivity index (χ4v) is 1.38. The van der Waals surface area contributed by atoms with Gasteiger partial charge in [-0.3, -0.25) is 0 Å². The average molecular weight is 226 g/mol. The Morgan fingerprint density at radius 1 is 1.50 bits per heavy atom. The molecule has 0 saturated heterocycles. The number of aromatic nitrogens is 1. The molecule has 0 bridgehead atoms. The lowest BCUT2D eigenvalue weighted by Crippen LogP contribution is -2.15. The van der Waals surface area contributed by atoms with Crippen LogP contribution in [0.2, 0.25) is 0 Å². The highest BCUT2D eigenvalue weighted by molar-refractivity contribution is 5.89. The second-order valence-corrected chi connectivity index (χ2v) is 3.79. The minimum absolute atomic E-state index is 0.169. The molecule has 0 radical (unpaired) electrons. The predicted molar refractivity (Wildman–Crippen MR) is 61.4 cm³/mol. The number of nitrogens with two attached hydrogens (primary N) is 1. The number of methoxy groups -OCH3 is 1. The number of carbonyl (C=O) groups excluding carboxylic acids is 1. The number of ether oxygens (including phenoxy) is 2. The van der Waals surface area contributed by atoms with Crippen LogP contribution in [0.3, 0.4) is 0 Å². The molecular formula is C11H18N2O3. The summed E-state index contributed by atoms with van der Waals surface area (Å²) in [4.78, 5) is 11.7. The van der Waals surface area contributed by atoms with E-state index in [1.54, 1.807) is 23.9 Å². The smallest absolute Gasteiger partial charge is 0.355 e. The van der Waals surface area contributed by atoms with Crippen LogP contribution in [0.4, 0.5) is 5.69 Å². The number of anilines is 1. The lowest BCUT2D eigenvalue weighted by atomic mass is 10.3. The van der Waals surface area contributed by atoms with Crippen molar-refractivity contribution in [3.63, 3.8) is 0 Å². The van der Waals surface area contributed by atoms with Crippen LogP contribution >= 0.6 is 0 Å². The summed E-state index contributed by atoms with van der Waals surface area (Å²) in [6.07, 6.45) is 1.73. The fourth-order valence-electron chi connectivity index (χ4n) is 1.38. The lowest BCUT2D eigenvalue weighted by molar-refractivity contribution is 0.0375. The number of nitrogen functional groups attached to an aromatic ring is 1. The molecule has 5 nitrogen and oxygen atoms in total. The first kappa shape index (κ1) is 12.6. The van der Waals surface area contributed by atoms with E-state index in [1.165, 1.54) is 0 Å². The Balaban J connectivity index is 2.74. The number of nitrogens with zero attached hydrogens (tertiary/aromatic N) is 1. The lowest BCUT2D eigenvalue weighted by Gasteiger charge is -2.11. The number of carbonyl (C=O) groups is 1. The van der Waals surface area contributed by atoms with Gasteiger partial charge in [0, 0.05) is 19.3 Å². The van der Waals surface area contributed by atoms with Crippen molar-refractivity contribution >= 4 is 11.7 Å². The second-order valence-electron chi connectivity index (χ2n) is 3.79. The molecule has 1 rings (SSSR count). The Hall–Kier alpha value is -1.49. The Bertz CT molecular complexity index is 358. The van der Waals surface area contributed by atoms with Crippen molar-refractivity contribution < 1.29 is 14.3 Å². The van der Waals surface area contributed by atoms with E-state index in [0.29, 0.717) is 18.0 Å². The SMILES string of the molecule is COCCOC(=O)c1cc(N)cn1C(C)C. The van der Waals surface area contributed by atoms with E-state index in [2.05, 4.69) is 0 Å². The van der Waals surface area contributed by atoms with Crippen molar-refractivity contribution in [1.29, 1.82) is 0 Å². The topological polar surface area (TPSA) is 66.5 Å². The van der Waals surface area contributed by atoms with E-state index >= 15 is 0 Å². The maximum Gasteiger partial charge on any atom is 0.355 e. The number of hydrogen-bond donors (Lipinski definition) is 1. The zero-order valence-electron chi connectivity index (χ0n) is 9.90. The highest BCUT2D eigenvalue weighted by atomic mass is 16.6. The van der Waals surface area contributed by atoms with Crippen molar-refractivity contribution in [3.8, 4) is 0 Å². The van der Waals surface area contributed by atoms with E-state index < -0.39 is 0 Å². The Kier molecular flexibility index (Phi) is 4.37. The van der Waals surface area contributed by atoms with Gasteiger partial charge >= 0.3 is 5.97 Å². The van der Waals surface area contributed by atoms with Gasteiger partial charge in [-0.2, -0.15) is 0 Å². The van der Waals surface area contributed by atoms with Crippen molar-refractivity contribution in [2.45, 2.75) is 19.9 Å². The molecule has 0 atom stereocenters. The Morgan fingerprint density at radius 2 is 2.19 bits per heavy atom. The number of esters is 1. The van der Waals surface area contributed by atoms with Gasteiger partial charge < -0.3 is 19.8 Å². The van der Waals surface area contributed by atoms with E-state index in [1.807, 2.05) is 13.8 Å². The van der Waals surface area contributed by atoms with Gasteiger partial charge in [0.1, 0.15) is 12.3 Å². The van der Waals surface area contributed by atoms with E-state index in [-0.39, 0.29) is 18.6 Å².